The molecule has 0 radical (unpaired) electrons. The molecule has 1 saturated heterocycles. The average molecular weight is 409 g/mol. The highest BCUT2D eigenvalue weighted by Crippen LogP contribution is 2.34. The maximum absolute atomic E-state index is 13.9. The molecule has 1 amide bonds. The predicted octanol–water partition coefficient (Wildman–Crippen LogP) is 2.94. The van der Waals surface area contributed by atoms with E-state index in [-0.39, 0.29) is 18.0 Å². The molecule has 3 rings (SSSR count). The molecule has 2 aromatic rings. The number of nitrogens with zero attached hydrogens (tertiary/aromatic N) is 1. The smallest absolute Gasteiger partial charge is 0.244 e. The topological polar surface area (TPSA) is 78.5 Å². The Hall–Kier alpha value is -2.52. The molecule has 0 bridgehead atoms. The summed E-state index contributed by atoms with van der Waals surface area (Å²) in [7, 11) is -3.44. The van der Waals surface area contributed by atoms with Crippen molar-refractivity contribution in [2.24, 2.45) is 0 Å². The first kappa shape index (κ1) is 20.2. The molecule has 0 aliphatic carbocycles. The largest absolute Gasteiger partial charge is 0.324 e. The van der Waals surface area contributed by atoms with Crippen molar-refractivity contribution < 1.29 is 22.0 Å². The van der Waals surface area contributed by atoms with Gasteiger partial charge >= 0.3 is 0 Å². The van der Waals surface area contributed by atoms with Crippen molar-refractivity contribution in [1.29, 1.82) is 0 Å². The van der Waals surface area contributed by atoms with Gasteiger partial charge in [0.15, 0.2) is 0 Å². The highest BCUT2D eigenvalue weighted by Gasteiger charge is 2.47. The lowest BCUT2D eigenvalue weighted by Crippen LogP contribution is -2.63. The molecule has 1 atom stereocenters. The van der Waals surface area contributed by atoms with Gasteiger partial charge in [0, 0.05) is 24.3 Å². The van der Waals surface area contributed by atoms with Crippen LogP contribution in [0, 0.1) is 11.6 Å². The van der Waals surface area contributed by atoms with E-state index in [4.69, 9.17) is 0 Å². The Labute approximate surface area is 162 Å². The molecule has 1 aliphatic rings. The van der Waals surface area contributed by atoms with E-state index in [1.807, 2.05) is 0 Å². The molecule has 6 nitrogen and oxygen atoms in total. The normalized spacial score (nSPS) is 19.7. The SMILES string of the molecule is CC1(C(=O)Nc2cccc(NS(C)(=O)=O)c2)CCN1Cc1c(F)cccc1F. The number of carbonyl (C=O) groups excluding carboxylic acids is 1. The van der Waals surface area contributed by atoms with E-state index in [1.54, 1.807) is 30.0 Å². The minimum atomic E-state index is -3.44. The molecule has 0 spiro atoms. The van der Waals surface area contributed by atoms with Gasteiger partial charge in [-0.3, -0.25) is 14.4 Å². The maximum atomic E-state index is 13.9. The van der Waals surface area contributed by atoms with Gasteiger partial charge in [0.05, 0.1) is 17.5 Å². The summed E-state index contributed by atoms with van der Waals surface area (Å²) in [4.78, 5) is 14.5. The van der Waals surface area contributed by atoms with E-state index in [1.165, 1.54) is 24.3 Å². The second kappa shape index (κ2) is 7.48. The molecule has 0 aromatic heterocycles. The summed E-state index contributed by atoms with van der Waals surface area (Å²) in [6.07, 6.45) is 1.57. The summed E-state index contributed by atoms with van der Waals surface area (Å²) in [6.45, 7) is 2.23. The summed E-state index contributed by atoms with van der Waals surface area (Å²) in [6, 6.07) is 9.99. The van der Waals surface area contributed by atoms with Gasteiger partial charge in [-0.2, -0.15) is 0 Å². The van der Waals surface area contributed by atoms with Crippen LogP contribution >= 0.6 is 0 Å². The van der Waals surface area contributed by atoms with E-state index in [0.717, 1.165) is 6.26 Å². The molecule has 9 heteroatoms. The van der Waals surface area contributed by atoms with Gasteiger partial charge in [-0.15, -0.1) is 0 Å². The van der Waals surface area contributed by atoms with Crippen LogP contribution in [0.5, 0.6) is 0 Å². The molecule has 28 heavy (non-hydrogen) atoms. The van der Waals surface area contributed by atoms with Gasteiger partial charge in [-0.05, 0) is 43.7 Å². The van der Waals surface area contributed by atoms with Gasteiger partial charge < -0.3 is 5.32 Å². The van der Waals surface area contributed by atoms with Gasteiger partial charge in [0.1, 0.15) is 11.6 Å². The lowest BCUT2D eigenvalue weighted by molar-refractivity contribution is -0.136. The van der Waals surface area contributed by atoms with Crippen molar-refractivity contribution in [2.45, 2.75) is 25.4 Å². The summed E-state index contributed by atoms with van der Waals surface area (Å²) in [5.41, 5.74) is -0.247. The lowest BCUT2D eigenvalue weighted by atomic mass is 9.85. The van der Waals surface area contributed by atoms with Crippen molar-refractivity contribution >= 4 is 27.3 Å². The number of carbonyl (C=O) groups is 1. The first-order chi connectivity index (χ1) is 13.1. The summed E-state index contributed by atoms with van der Waals surface area (Å²) in [5, 5.41) is 2.75. The number of amides is 1. The van der Waals surface area contributed by atoms with E-state index >= 15 is 0 Å². The number of hydrogen-bond donors (Lipinski definition) is 2. The van der Waals surface area contributed by atoms with Crippen molar-refractivity contribution in [3.05, 3.63) is 59.7 Å². The number of hydrogen-bond acceptors (Lipinski definition) is 4. The van der Waals surface area contributed by atoms with Crippen LogP contribution in [0.3, 0.4) is 0 Å². The first-order valence-electron chi connectivity index (χ1n) is 8.66. The van der Waals surface area contributed by atoms with Crippen LogP contribution in [0.15, 0.2) is 42.5 Å². The third kappa shape index (κ3) is 4.31. The molecule has 2 N–H and O–H groups in total. The van der Waals surface area contributed by atoms with Crippen LogP contribution in [0.1, 0.15) is 18.9 Å². The highest BCUT2D eigenvalue weighted by molar-refractivity contribution is 7.92. The van der Waals surface area contributed by atoms with Gasteiger partial charge in [-0.1, -0.05) is 12.1 Å². The predicted molar refractivity (Wildman–Crippen MR) is 103 cm³/mol. The second-order valence-electron chi connectivity index (χ2n) is 7.05. The zero-order valence-corrected chi connectivity index (χ0v) is 16.3. The van der Waals surface area contributed by atoms with Crippen molar-refractivity contribution in [3.8, 4) is 0 Å². The summed E-state index contributed by atoms with van der Waals surface area (Å²) < 4.78 is 52.9. The molecule has 1 heterocycles. The Morgan fingerprint density at radius 1 is 1.14 bits per heavy atom. The molecule has 0 saturated carbocycles. The number of halogens is 2. The quantitative estimate of drug-likeness (QED) is 0.769. The standard InChI is InChI=1S/C19H21F2N3O3S/c1-19(9-10-24(19)12-15-16(20)7-4-8-17(15)21)18(25)22-13-5-3-6-14(11-13)23-28(2,26)27/h3-8,11,23H,9-10,12H2,1-2H3,(H,22,25). The summed E-state index contributed by atoms with van der Waals surface area (Å²) in [5.74, 6) is -1.62. The molecule has 2 aromatic carbocycles. The minimum absolute atomic E-state index is 0.0158. The van der Waals surface area contributed by atoms with Crippen LogP contribution in [0.2, 0.25) is 0 Å². The number of sulfonamides is 1. The Balaban J connectivity index is 1.73. The third-order valence-corrected chi connectivity index (χ3v) is 5.50. The van der Waals surface area contributed by atoms with Gasteiger partial charge in [-0.25, -0.2) is 17.2 Å². The molecular formula is C19H21F2N3O3S. The fraction of sp³-hybridized carbons (Fsp3) is 0.316. The Morgan fingerprint density at radius 2 is 1.75 bits per heavy atom. The number of rotatable bonds is 6. The van der Waals surface area contributed by atoms with Crippen molar-refractivity contribution in [1.82, 2.24) is 4.90 Å². The molecule has 1 fully saturated rings. The highest BCUT2D eigenvalue weighted by atomic mass is 32.2. The van der Waals surface area contributed by atoms with E-state index in [9.17, 15) is 22.0 Å². The van der Waals surface area contributed by atoms with Crippen LogP contribution in [-0.2, 0) is 21.4 Å². The fourth-order valence-corrected chi connectivity index (χ4v) is 3.69. The molecule has 1 aliphatic heterocycles. The average Bonchev–Trinajstić information content (AvgIpc) is 2.58. The number of likely N-dealkylation sites (tertiary alicyclic amines) is 1. The number of anilines is 2. The lowest BCUT2D eigenvalue weighted by Gasteiger charge is -2.49. The molecular weight excluding hydrogens is 388 g/mol. The Morgan fingerprint density at radius 3 is 2.32 bits per heavy atom. The summed E-state index contributed by atoms with van der Waals surface area (Å²) >= 11 is 0. The molecule has 150 valence electrons. The zero-order valence-electron chi connectivity index (χ0n) is 15.5. The Bertz CT molecular complexity index is 993. The molecule has 1 unspecified atom stereocenters. The Kier molecular flexibility index (Phi) is 5.40. The number of nitrogens with one attached hydrogen (secondary N) is 2. The monoisotopic (exact) mass is 409 g/mol. The van der Waals surface area contributed by atoms with Gasteiger partial charge in [0.2, 0.25) is 15.9 Å². The van der Waals surface area contributed by atoms with Crippen LogP contribution < -0.4 is 10.0 Å². The van der Waals surface area contributed by atoms with Crippen molar-refractivity contribution in [2.75, 3.05) is 22.8 Å². The zero-order chi connectivity index (χ0) is 20.5. The van der Waals surface area contributed by atoms with Crippen LogP contribution in [-0.4, -0.2) is 37.6 Å². The van der Waals surface area contributed by atoms with Crippen molar-refractivity contribution in [3.63, 3.8) is 0 Å². The van der Waals surface area contributed by atoms with Crippen LogP contribution in [0.4, 0.5) is 20.2 Å². The van der Waals surface area contributed by atoms with E-state index < -0.39 is 27.2 Å². The second-order valence-corrected chi connectivity index (χ2v) is 8.80. The minimum Gasteiger partial charge on any atom is -0.324 e. The van der Waals surface area contributed by atoms with E-state index in [0.29, 0.717) is 24.3 Å². The van der Waals surface area contributed by atoms with E-state index in [2.05, 4.69) is 10.0 Å². The van der Waals surface area contributed by atoms with Gasteiger partial charge in [0.25, 0.3) is 0 Å². The fourth-order valence-electron chi connectivity index (χ4n) is 3.13. The first-order valence-corrected chi connectivity index (χ1v) is 10.5. The van der Waals surface area contributed by atoms with Crippen LogP contribution in [0.25, 0.3) is 0 Å². The maximum Gasteiger partial charge on any atom is 0.244 e. The third-order valence-electron chi connectivity index (χ3n) is 4.89. The number of benzene rings is 2.